The molecule has 1 N–H and O–H groups in total. The molecule has 4 aromatic rings. The normalized spacial score (nSPS) is 13.3. The minimum Gasteiger partial charge on any atom is -0.496 e. The minimum atomic E-state index is -0.177. The molecule has 0 saturated carbocycles. The molecule has 200 valence electrons. The molecule has 9 nitrogen and oxygen atoms in total. The Morgan fingerprint density at radius 2 is 1.69 bits per heavy atom. The van der Waals surface area contributed by atoms with Gasteiger partial charge in [-0.1, -0.05) is 36.0 Å². The highest BCUT2D eigenvalue weighted by atomic mass is 79.9. The van der Waals surface area contributed by atoms with Gasteiger partial charge in [-0.3, -0.25) is 9.59 Å². The molecule has 0 atom stereocenters. The lowest BCUT2D eigenvalue weighted by Crippen LogP contribution is -2.48. The van der Waals surface area contributed by atoms with E-state index in [1.54, 1.807) is 7.11 Å². The van der Waals surface area contributed by atoms with Gasteiger partial charge in [0, 0.05) is 42.0 Å². The van der Waals surface area contributed by atoms with Crippen LogP contribution in [0.5, 0.6) is 5.75 Å². The van der Waals surface area contributed by atoms with Crippen LogP contribution in [-0.4, -0.2) is 66.0 Å². The van der Waals surface area contributed by atoms with Crippen LogP contribution in [0.15, 0.2) is 86.9 Å². The number of nitrogens with one attached hydrogen (secondary N) is 1. The van der Waals surface area contributed by atoms with Crippen molar-refractivity contribution in [3.63, 3.8) is 0 Å². The highest BCUT2D eigenvalue weighted by Crippen LogP contribution is 2.30. The van der Waals surface area contributed by atoms with E-state index >= 15 is 0 Å². The number of carbonyl (C=O) groups excluding carboxylic acids is 2. The summed E-state index contributed by atoms with van der Waals surface area (Å²) in [6.07, 6.45) is 0. The van der Waals surface area contributed by atoms with E-state index in [0.29, 0.717) is 46.8 Å². The maximum atomic E-state index is 12.9. The van der Waals surface area contributed by atoms with E-state index < -0.39 is 0 Å². The second-order valence-corrected chi connectivity index (χ2v) is 10.5. The Labute approximate surface area is 238 Å². The fourth-order valence-electron chi connectivity index (χ4n) is 4.25. The monoisotopic (exact) mass is 607 g/mol. The first kappa shape index (κ1) is 26.8. The maximum Gasteiger partial charge on any atom is 0.277 e. The molecule has 0 aliphatic carbocycles. The van der Waals surface area contributed by atoms with Gasteiger partial charge in [0.25, 0.3) is 17.0 Å². The van der Waals surface area contributed by atoms with Gasteiger partial charge < -0.3 is 24.3 Å². The molecular formula is C28H26BrN5O4S. The summed E-state index contributed by atoms with van der Waals surface area (Å²) in [5, 5.41) is 11.3. The second kappa shape index (κ2) is 12.4. The predicted molar refractivity (Wildman–Crippen MR) is 154 cm³/mol. The van der Waals surface area contributed by atoms with Crippen LogP contribution in [0.2, 0.25) is 0 Å². The number of thioether (sulfide) groups is 1. The highest BCUT2D eigenvalue weighted by molar-refractivity contribution is 9.10. The van der Waals surface area contributed by atoms with Crippen LogP contribution in [0.4, 0.5) is 11.4 Å². The van der Waals surface area contributed by atoms with Gasteiger partial charge >= 0.3 is 0 Å². The Morgan fingerprint density at radius 3 is 2.44 bits per heavy atom. The molecule has 1 saturated heterocycles. The molecule has 0 unspecified atom stereocenters. The van der Waals surface area contributed by atoms with Crippen molar-refractivity contribution in [2.45, 2.75) is 5.22 Å². The number of ether oxygens (including phenoxy) is 1. The van der Waals surface area contributed by atoms with Crippen LogP contribution in [-0.2, 0) is 4.79 Å². The number of nitrogens with zero attached hydrogens (tertiary/aromatic N) is 4. The van der Waals surface area contributed by atoms with Gasteiger partial charge in [0.2, 0.25) is 5.91 Å². The molecule has 3 aromatic carbocycles. The zero-order valence-corrected chi connectivity index (χ0v) is 23.6. The van der Waals surface area contributed by atoms with Gasteiger partial charge in [0.15, 0.2) is 0 Å². The zero-order chi connectivity index (χ0) is 27.2. The number of aromatic nitrogens is 2. The van der Waals surface area contributed by atoms with E-state index in [0.717, 1.165) is 23.2 Å². The summed E-state index contributed by atoms with van der Waals surface area (Å²) in [5.41, 5.74) is 3.12. The van der Waals surface area contributed by atoms with Gasteiger partial charge in [-0.15, -0.1) is 10.2 Å². The highest BCUT2D eigenvalue weighted by Gasteiger charge is 2.23. The Kier molecular flexibility index (Phi) is 8.48. The number of halogens is 1. The largest absolute Gasteiger partial charge is 0.496 e. The van der Waals surface area contributed by atoms with Gasteiger partial charge in [-0.25, -0.2) is 0 Å². The first-order valence-corrected chi connectivity index (χ1v) is 14.1. The molecule has 0 spiro atoms. The fraction of sp³-hybridized carbons (Fsp3) is 0.214. The first-order valence-electron chi connectivity index (χ1n) is 12.3. The molecule has 2 heterocycles. The summed E-state index contributed by atoms with van der Waals surface area (Å²) in [7, 11) is 1.58. The Bertz CT molecular complexity index is 1450. The lowest BCUT2D eigenvalue weighted by molar-refractivity contribution is -0.113. The standard InChI is InChI=1S/C28H26BrN5O4S/c1-37-24-9-5-3-7-22(24)26-31-32-28(38-26)39-18-25(35)30-19-10-12-20(13-11-19)33-14-16-34(17-15-33)27(36)21-6-2-4-8-23(21)29/h2-13H,14-18H2,1H3,(H,30,35). The summed E-state index contributed by atoms with van der Waals surface area (Å²) < 4.78 is 11.8. The van der Waals surface area contributed by atoms with Gasteiger partial charge in [-0.2, -0.15) is 0 Å². The summed E-state index contributed by atoms with van der Waals surface area (Å²) in [6.45, 7) is 2.76. The lowest BCUT2D eigenvalue weighted by Gasteiger charge is -2.36. The van der Waals surface area contributed by atoms with Gasteiger partial charge in [-0.05, 0) is 64.5 Å². The number of hydrogen-bond donors (Lipinski definition) is 1. The van der Waals surface area contributed by atoms with Crippen molar-refractivity contribution in [1.29, 1.82) is 0 Å². The number of carbonyl (C=O) groups is 2. The van der Waals surface area contributed by atoms with Crippen LogP contribution in [0.3, 0.4) is 0 Å². The van der Waals surface area contributed by atoms with Crippen LogP contribution in [0.25, 0.3) is 11.5 Å². The average molecular weight is 609 g/mol. The predicted octanol–water partition coefficient (Wildman–Crippen LogP) is 5.20. The molecule has 11 heteroatoms. The summed E-state index contributed by atoms with van der Waals surface area (Å²) in [4.78, 5) is 29.5. The molecule has 0 bridgehead atoms. The van der Waals surface area contributed by atoms with Crippen LogP contribution in [0.1, 0.15) is 10.4 Å². The lowest BCUT2D eigenvalue weighted by atomic mass is 10.1. The third-order valence-corrected chi connectivity index (χ3v) is 7.77. The van der Waals surface area contributed by atoms with Crippen molar-refractivity contribution in [2.75, 3.05) is 49.3 Å². The van der Waals surface area contributed by atoms with E-state index in [-0.39, 0.29) is 17.6 Å². The molecule has 39 heavy (non-hydrogen) atoms. The number of anilines is 2. The van der Waals surface area contributed by atoms with E-state index in [9.17, 15) is 9.59 Å². The Balaban J connectivity index is 1.10. The van der Waals surface area contributed by atoms with Gasteiger partial charge in [0.05, 0.1) is 24.0 Å². The second-order valence-electron chi connectivity index (χ2n) is 8.72. The van der Waals surface area contributed by atoms with E-state index in [1.807, 2.05) is 77.7 Å². The Morgan fingerprint density at radius 1 is 0.974 bits per heavy atom. The van der Waals surface area contributed by atoms with Crippen molar-refractivity contribution in [3.8, 4) is 17.2 Å². The number of methoxy groups -OCH3 is 1. The number of rotatable bonds is 8. The Hall–Kier alpha value is -3.83. The van der Waals surface area contributed by atoms with E-state index in [1.165, 1.54) is 11.8 Å². The minimum absolute atomic E-state index is 0.0367. The number of hydrogen-bond acceptors (Lipinski definition) is 8. The molecule has 1 fully saturated rings. The first-order chi connectivity index (χ1) is 19.0. The molecular weight excluding hydrogens is 582 g/mol. The third-order valence-electron chi connectivity index (χ3n) is 6.26. The fourth-order valence-corrected chi connectivity index (χ4v) is 5.27. The molecule has 1 aromatic heterocycles. The summed E-state index contributed by atoms with van der Waals surface area (Å²) in [5.74, 6) is 0.959. The topological polar surface area (TPSA) is 101 Å². The maximum absolute atomic E-state index is 12.9. The van der Waals surface area contributed by atoms with Crippen molar-refractivity contribution >= 4 is 50.9 Å². The van der Waals surface area contributed by atoms with Crippen LogP contribution >= 0.6 is 27.7 Å². The quantitative estimate of drug-likeness (QED) is 0.273. The molecule has 0 radical (unpaired) electrons. The number of para-hydroxylation sites is 1. The van der Waals surface area contributed by atoms with Gasteiger partial charge in [0.1, 0.15) is 5.75 Å². The molecule has 1 aliphatic rings. The number of amides is 2. The number of piperazine rings is 1. The van der Waals surface area contributed by atoms with Crippen LogP contribution in [0, 0.1) is 0 Å². The third kappa shape index (κ3) is 6.43. The number of benzene rings is 3. The van der Waals surface area contributed by atoms with Crippen molar-refractivity contribution < 1.29 is 18.7 Å². The molecule has 1 aliphatic heterocycles. The van der Waals surface area contributed by atoms with E-state index in [2.05, 4.69) is 36.3 Å². The SMILES string of the molecule is COc1ccccc1-c1nnc(SCC(=O)Nc2ccc(N3CCN(C(=O)c4ccccc4Br)CC3)cc2)o1. The summed E-state index contributed by atoms with van der Waals surface area (Å²) >= 11 is 4.64. The summed E-state index contributed by atoms with van der Waals surface area (Å²) in [6, 6.07) is 22.6. The molecule has 5 rings (SSSR count). The van der Waals surface area contributed by atoms with E-state index in [4.69, 9.17) is 9.15 Å². The van der Waals surface area contributed by atoms with Crippen molar-refractivity contribution in [1.82, 2.24) is 15.1 Å². The van der Waals surface area contributed by atoms with Crippen molar-refractivity contribution in [3.05, 3.63) is 82.8 Å². The smallest absolute Gasteiger partial charge is 0.277 e. The van der Waals surface area contributed by atoms with Crippen LogP contribution < -0.4 is 15.0 Å². The molecule has 2 amide bonds. The van der Waals surface area contributed by atoms with Crippen molar-refractivity contribution in [2.24, 2.45) is 0 Å². The average Bonchev–Trinajstić information content (AvgIpc) is 3.45. The zero-order valence-electron chi connectivity index (χ0n) is 21.2.